The highest BCUT2D eigenvalue weighted by atomic mass is 16.4. The lowest BCUT2D eigenvalue weighted by molar-refractivity contribution is -0.134. The van der Waals surface area contributed by atoms with E-state index in [1.54, 1.807) is 0 Å². The second-order valence-electron chi connectivity index (χ2n) is 6.77. The van der Waals surface area contributed by atoms with E-state index in [2.05, 4.69) is 31.2 Å². The first-order valence-corrected chi connectivity index (χ1v) is 7.73. The van der Waals surface area contributed by atoms with E-state index in [4.69, 9.17) is 10.9 Å². The molecule has 2 saturated carbocycles. The number of hydrogen-bond acceptors (Lipinski definition) is 3. The smallest absolute Gasteiger partial charge is 0.234 e. The Bertz CT molecular complexity index is 402. The first-order valence-electron chi connectivity index (χ1n) is 7.73. The number of nitrogens with zero attached hydrogens (tertiary/aromatic N) is 1. The van der Waals surface area contributed by atoms with E-state index >= 15 is 0 Å². The molecule has 0 bridgehead atoms. The SMILES string of the molecule is CCC1CCC(NC(=O)C2(C(N)=NO)CC(C)C2)C1C. The van der Waals surface area contributed by atoms with Crippen molar-refractivity contribution >= 4 is 11.7 Å². The Labute approximate surface area is 121 Å². The van der Waals surface area contributed by atoms with Crippen molar-refractivity contribution in [2.24, 2.45) is 34.1 Å². The lowest BCUT2D eigenvalue weighted by Gasteiger charge is -2.44. The van der Waals surface area contributed by atoms with Crippen LogP contribution in [0.4, 0.5) is 0 Å². The minimum absolute atomic E-state index is 0.0560. The van der Waals surface area contributed by atoms with Crippen LogP contribution in [0.1, 0.15) is 52.9 Å². The van der Waals surface area contributed by atoms with Crippen LogP contribution in [0.25, 0.3) is 0 Å². The van der Waals surface area contributed by atoms with Crippen LogP contribution >= 0.6 is 0 Å². The van der Waals surface area contributed by atoms with Crippen molar-refractivity contribution in [1.29, 1.82) is 0 Å². The molecule has 114 valence electrons. The quantitative estimate of drug-likeness (QED) is 0.319. The first kappa shape index (κ1) is 15.1. The fraction of sp³-hybridized carbons (Fsp3) is 0.867. The van der Waals surface area contributed by atoms with Gasteiger partial charge in [0.2, 0.25) is 5.91 Å². The van der Waals surface area contributed by atoms with E-state index in [1.165, 1.54) is 6.42 Å². The van der Waals surface area contributed by atoms with Gasteiger partial charge in [-0.3, -0.25) is 4.79 Å². The Morgan fingerprint density at radius 2 is 2.05 bits per heavy atom. The van der Waals surface area contributed by atoms with Gasteiger partial charge in [0.05, 0.1) is 0 Å². The average molecular weight is 281 g/mol. The topological polar surface area (TPSA) is 87.7 Å². The highest BCUT2D eigenvalue weighted by molar-refractivity contribution is 6.07. The molecule has 3 unspecified atom stereocenters. The minimum Gasteiger partial charge on any atom is -0.409 e. The van der Waals surface area contributed by atoms with E-state index in [0.29, 0.717) is 30.6 Å². The summed E-state index contributed by atoms with van der Waals surface area (Å²) in [5.74, 6) is 1.65. The molecule has 2 aliphatic carbocycles. The van der Waals surface area contributed by atoms with Crippen LogP contribution in [0.5, 0.6) is 0 Å². The third kappa shape index (κ3) is 2.38. The van der Waals surface area contributed by atoms with Gasteiger partial charge in [-0.05, 0) is 43.4 Å². The van der Waals surface area contributed by atoms with Gasteiger partial charge >= 0.3 is 0 Å². The third-order valence-electron chi connectivity index (χ3n) is 5.49. The van der Waals surface area contributed by atoms with E-state index in [0.717, 1.165) is 12.8 Å². The molecule has 0 aromatic rings. The molecule has 0 spiro atoms. The molecule has 20 heavy (non-hydrogen) atoms. The second kappa shape index (κ2) is 5.62. The molecular weight excluding hydrogens is 254 g/mol. The molecule has 3 atom stereocenters. The summed E-state index contributed by atoms with van der Waals surface area (Å²) >= 11 is 0. The summed E-state index contributed by atoms with van der Waals surface area (Å²) in [5, 5.41) is 15.2. The molecule has 0 aromatic carbocycles. The number of rotatable bonds is 4. The largest absolute Gasteiger partial charge is 0.409 e. The number of amidine groups is 1. The standard InChI is InChI=1S/C15H27N3O2/c1-4-11-5-6-12(10(11)3)17-14(19)15(13(16)18-20)7-9(2)8-15/h9-12,20H,4-8H2,1-3H3,(H2,16,18)(H,17,19). The van der Waals surface area contributed by atoms with E-state index in [-0.39, 0.29) is 17.8 Å². The predicted octanol–water partition coefficient (Wildman–Crippen LogP) is 2.09. The molecule has 2 fully saturated rings. The molecule has 0 saturated heterocycles. The highest BCUT2D eigenvalue weighted by Crippen LogP contribution is 2.46. The van der Waals surface area contributed by atoms with Gasteiger partial charge in [0, 0.05) is 6.04 Å². The molecular formula is C15H27N3O2. The third-order valence-corrected chi connectivity index (χ3v) is 5.49. The fourth-order valence-electron chi connectivity index (χ4n) is 4.07. The fourth-order valence-corrected chi connectivity index (χ4v) is 4.07. The van der Waals surface area contributed by atoms with Gasteiger partial charge in [0.15, 0.2) is 5.84 Å². The summed E-state index contributed by atoms with van der Waals surface area (Å²) in [6.45, 7) is 6.50. The average Bonchev–Trinajstić information content (AvgIpc) is 2.74. The summed E-state index contributed by atoms with van der Waals surface area (Å²) in [5.41, 5.74) is 5.00. The van der Waals surface area contributed by atoms with Crippen LogP contribution in [-0.4, -0.2) is 23.0 Å². The molecule has 2 rings (SSSR count). The number of nitrogens with two attached hydrogens (primary N) is 1. The highest BCUT2D eigenvalue weighted by Gasteiger charge is 2.53. The van der Waals surface area contributed by atoms with Crippen LogP contribution < -0.4 is 11.1 Å². The molecule has 5 heteroatoms. The van der Waals surface area contributed by atoms with Crippen LogP contribution in [0.2, 0.25) is 0 Å². The van der Waals surface area contributed by atoms with Gasteiger partial charge in [-0.1, -0.05) is 32.3 Å². The van der Waals surface area contributed by atoms with Crippen LogP contribution in [0.15, 0.2) is 5.16 Å². The molecule has 2 aliphatic rings. The maximum absolute atomic E-state index is 12.6. The number of oxime groups is 1. The number of carbonyl (C=O) groups excluding carboxylic acids is 1. The second-order valence-corrected chi connectivity index (χ2v) is 6.77. The van der Waals surface area contributed by atoms with E-state index in [9.17, 15) is 4.79 Å². The van der Waals surface area contributed by atoms with Crippen molar-refractivity contribution in [1.82, 2.24) is 5.32 Å². The number of carbonyl (C=O) groups is 1. The van der Waals surface area contributed by atoms with Crippen LogP contribution in [0.3, 0.4) is 0 Å². The summed E-state index contributed by atoms with van der Waals surface area (Å²) < 4.78 is 0. The predicted molar refractivity (Wildman–Crippen MR) is 78.3 cm³/mol. The first-order chi connectivity index (χ1) is 9.44. The maximum Gasteiger partial charge on any atom is 0.234 e. The summed E-state index contributed by atoms with van der Waals surface area (Å²) in [6.07, 6.45) is 4.72. The zero-order valence-electron chi connectivity index (χ0n) is 12.7. The van der Waals surface area contributed by atoms with Gasteiger partial charge in [0.1, 0.15) is 5.41 Å². The molecule has 4 N–H and O–H groups in total. The normalized spacial score (nSPS) is 41.2. The van der Waals surface area contributed by atoms with Gasteiger partial charge < -0.3 is 16.3 Å². The van der Waals surface area contributed by atoms with Gasteiger partial charge in [-0.25, -0.2) is 0 Å². The molecule has 1 amide bonds. The molecule has 0 aliphatic heterocycles. The Kier molecular flexibility index (Phi) is 4.25. The Balaban J connectivity index is 2.04. The molecule has 0 heterocycles. The van der Waals surface area contributed by atoms with Crippen LogP contribution in [0, 0.1) is 23.2 Å². The molecule has 0 radical (unpaired) electrons. The minimum atomic E-state index is -0.780. The van der Waals surface area contributed by atoms with E-state index in [1.807, 2.05) is 0 Å². The van der Waals surface area contributed by atoms with Gasteiger partial charge in [-0.15, -0.1) is 0 Å². The van der Waals surface area contributed by atoms with Crippen molar-refractivity contribution in [3.05, 3.63) is 0 Å². The Morgan fingerprint density at radius 1 is 1.40 bits per heavy atom. The van der Waals surface area contributed by atoms with E-state index < -0.39 is 5.41 Å². The van der Waals surface area contributed by atoms with Gasteiger partial charge in [-0.2, -0.15) is 0 Å². The Hall–Kier alpha value is -1.26. The van der Waals surface area contributed by atoms with Gasteiger partial charge in [0.25, 0.3) is 0 Å². The summed E-state index contributed by atoms with van der Waals surface area (Å²) in [6, 6.07) is 0.228. The number of nitrogens with one attached hydrogen (secondary N) is 1. The molecule has 0 aromatic heterocycles. The lowest BCUT2D eigenvalue weighted by Crippen LogP contribution is -2.58. The lowest BCUT2D eigenvalue weighted by atomic mass is 9.61. The van der Waals surface area contributed by atoms with Crippen molar-refractivity contribution in [2.45, 2.75) is 58.9 Å². The summed E-state index contributed by atoms with van der Waals surface area (Å²) in [4.78, 5) is 12.6. The van der Waals surface area contributed by atoms with Crippen molar-refractivity contribution in [2.75, 3.05) is 0 Å². The Morgan fingerprint density at radius 3 is 2.50 bits per heavy atom. The molecule has 5 nitrogen and oxygen atoms in total. The maximum atomic E-state index is 12.6. The zero-order chi connectivity index (χ0) is 14.9. The van der Waals surface area contributed by atoms with Crippen molar-refractivity contribution < 1.29 is 10.0 Å². The zero-order valence-corrected chi connectivity index (χ0v) is 12.7. The number of amides is 1. The monoisotopic (exact) mass is 281 g/mol. The number of hydrogen-bond donors (Lipinski definition) is 3. The van der Waals surface area contributed by atoms with Crippen molar-refractivity contribution in [3.63, 3.8) is 0 Å². The van der Waals surface area contributed by atoms with Crippen LogP contribution in [-0.2, 0) is 4.79 Å². The summed E-state index contributed by atoms with van der Waals surface area (Å²) in [7, 11) is 0. The van der Waals surface area contributed by atoms with Crippen molar-refractivity contribution in [3.8, 4) is 0 Å².